The number of carbonyl (C=O) groups excluding carboxylic acids is 1. The maximum Gasteiger partial charge on any atom is 0.303 e. The highest BCUT2D eigenvalue weighted by molar-refractivity contribution is 6.34. The van der Waals surface area contributed by atoms with Crippen LogP contribution >= 0.6 is 11.6 Å². The number of halogens is 1. The fraction of sp³-hybridized carbons (Fsp3) is 0.333. The summed E-state index contributed by atoms with van der Waals surface area (Å²) < 4.78 is 10.3. The zero-order chi connectivity index (χ0) is 13.8. The SMILES string of the molecule is O=C(O)CCCC(=O)Nc1cc2c(cc1Cl)OCO2. The number of nitrogens with one attached hydrogen (secondary N) is 1. The van der Waals surface area contributed by atoms with Gasteiger partial charge in [-0.25, -0.2) is 0 Å². The lowest BCUT2D eigenvalue weighted by atomic mass is 10.2. The Morgan fingerprint density at radius 1 is 1.26 bits per heavy atom. The third-order valence-corrected chi connectivity index (χ3v) is 2.84. The summed E-state index contributed by atoms with van der Waals surface area (Å²) in [6.45, 7) is 0.127. The fourth-order valence-corrected chi connectivity index (χ4v) is 1.83. The number of aliphatic carboxylic acids is 1. The van der Waals surface area contributed by atoms with Crippen LogP contribution in [-0.2, 0) is 9.59 Å². The van der Waals surface area contributed by atoms with Gasteiger partial charge in [0.2, 0.25) is 12.7 Å². The number of amides is 1. The van der Waals surface area contributed by atoms with Crippen molar-refractivity contribution in [1.29, 1.82) is 0 Å². The molecule has 2 rings (SSSR count). The smallest absolute Gasteiger partial charge is 0.303 e. The van der Waals surface area contributed by atoms with E-state index in [-0.39, 0.29) is 32.0 Å². The lowest BCUT2D eigenvalue weighted by Gasteiger charge is -2.08. The Kier molecular flexibility index (Phi) is 4.11. The molecule has 0 bridgehead atoms. The third kappa shape index (κ3) is 3.51. The average molecular weight is 286 g/mol. The van der Waals surface area contributed by atoms with Gasteiger partial charge in [0.1, 0.15) is 0 Å². The number of fused-ring (bicyclic) bond motifs is 1. The number of hydrogen-bond acceptors (Lipinski definition) is 4. The molecule has 1 aromatic carbocycles. The Morgan fingerprint density at radius 2 is 1.95 bits per heavy atom. The fourth-order valence-electron chi connectivity index (χ4n) is 1.63. The van der Waals surface area contributed by atoms with Crippen LogP contribution in [0.4, 0.5) is 5.69 Å². The number of anilines is 1. The van der Waals surface area contributed by atoms with Gasteiger partial charge in [-0.05, 0) is 6.42 Å². The first-order valence-corrected chi connectivity index (χ1v) is 6.05. The molecule has 0 fully saturated rings. The van der Waals surface area contributed by atoms with E-state index in [1.165, 1.54) is 0 Å². The molecule has 7 heteroatoms. The number of carbonyl (C=O) groups is 2. The second-order valence-corrected chi connectivity index (χ2v) is 4.39. The van der Waals surface area contributed by atoms with Gasteiger partial charge in [-0.3, -0.25) is 9.59 Å². The van der Waals surface area contributed by atoms with Crippen LogP contribution in [0.2, 0.25) is 5.02 Å². The molecule has 0 saturated carbocycles. The van der Waals surface area contributed by atoms with Crippen LogP contribution in [0.25, 0.3) is 0 Å². The molecule has 19 heavy (non-hydrogen) atoms. The minimum atomic E-state index is -0.922. The minimum Gasteiger partial charge on any atom is -0.481 e. The first-order valence-electron chi connectivity index (χ1n) is 5.67. The number of ether oxygens (including phenoxy) is 2. The second-order valence-electron chi connectivity index (χ2n) is 3.98. The molecule has 0 aliphatic carbocycles. The van der Waals surface area contributed by atoms with Crippen molar-refractivity contribution in [2.45, 2.75) is 19.3 Å². The zero-order valence-electron chi connectivity index (χ0n) is 9.94. The summed E-state index contributed by atoms with van der Waals surface area (Å²) in [7, 11) is 0. The molecule has 0 unspecified atom stereocenters. The maximum atomic E-state index is 11.6. The number of benzene rings is 1. The van der Waals surface area contributed by atoms with E-state index >= 15 is 0 Å². The molecule has 6 nitrogen and oxygen atoms in total. The summed E-state index contributed by atoms with van der Waals surface area (Å²) in [6, 6.07) is 3.15. The van der Waals surface area contributed by atoms with Gasteiger partial charge in [0.15, 0.2) is 11.5 Å². The molecule has 1 heterocycles. The number of rotatable bonds is 5. The van der Waals surface area contributed by atoms with Gasteiger partial charge in [0.25, 0.3) is 0 Å². The van der Waals surface area contributed by atoms with E-state index in [1.807, 2.05) is 0 Å². The summed E-state index contributed by atoms with van der Waals surface area (Å²) in [6.07, 6.45) is 0.364. The van der Waals surface area contributed by atoms with Crippen molar-refractivity contribution in [3.05, 3.63) is 17.2 Å². The normalized spacial score (nSPS) is 12.3. The number of hydrogen-bond donors (Lipinski definition) is 2. The van der Waals surface area contributed by atoms with Crippen LogP contribution in [0.5, 0.6) is 11.5 Å². The topological polar surface area (TPSA) is 84.9 Å². The van der Waals surface area contributed by atoms with Crippen molar-refractivity contribution in [3.63, 3.8) is 0 Å². The predicted molar refractivity (Wildman–Crippen MR) is 67.7 cm³/mol. The van der Waals surface area contributed by atoms with Gasteiger partial charge in [-0.15, -0.1) is 0 Å². The van der Waals surface area contributed by atoms with Crippen LogP contribution in [0, 0.1) is 0 Å². The van der Waals surface area contributed by atoms with Crippen molar-refractivity contribution in [2.24, 2.45) is 0 Å². The van der Waals surface area contributed by atoms with Crippen molar-refractivity contribution in [1.82, 2.24) is 0 Å². The molecule has 1 aliphatic rings. The van der Waals surface area contributed by atoms with Gasteiger partial charge in [0, 0.05) is 25.0 Å². The van der Waals surface area contributed by atoms with Crippen molar-refractivity contribution >= 4 is 29.2 Å². The number of carboxylic acids is 1. The van der Waals surface area contributed by atoms with E-state index in [4.69, 9.17) is 26.2 Å². The van der Waals surface area contributed by atoms with E-state index in [2.05, 4.69) is 5.32 Å². The van der Waals surface area contributed by atoms with E-state index < -0.39 is 5.97 Å². The predicted octanol–water partition coefficient (Wildman–Crippen LogP) is 2.26. The molecule has 1 aromatic rings. The Bertz CT molecular complexity index is 517. The van der Waals surface area contributed by atoms with Crippen LogP contribution in [0.1, 0.15) is 19.3 Å². The molecule has 1 aliphatic heterocycles. The van der Waals surface area contributed by atoms with Gasteiger partial charge in [-0.2, -0.15) is 0 Å². The summed E-state index contributed by atoms with van der Waals surface area (Å²) in [5.74, 6) is -0.157. The quantitative estimate of drug-likeness (QED) is 0.867. The van der Waals surface area contributed by atoms with Crippen LogP contribution in [-0.4, -0.2) is 23.8 Å². The Labute approximate surface area is 114 Å². The second kappa shape index (κ2) is 5.79. The number of carboxylic acid groups (broad SMARTS) is 1. The third-order valence-electron chi connectivity index (χ3n) is 2.53. The Balaban J connectivity index is 1.95. The van der Waals surface area contributed by atoms with Crippen molar-refractivity contribution in [3.8, 4) is 11.5 Å². The molecule has 102 valence electrons. The van der Waals surface area contributed by atoms with Gasteiger partial charge >= 0.3 is 5.97 Å². The molecule has 1 amide bonds. The highest BCUT2D eigenvalue weighted by atomic mass is 35.5. The van der Waals surface area contributed by atoms with Gasteiger partial charge < -0.3 is 19.9 Å². The molecular formula is C12H12ClNO5. The van der Waals surface area contributed by atoms with Gasteiger partial charge in [-0.1, -0.05) is 11.6 Å². The monoisotopic (exact) mass is 285 g/mol. The standard InChI is InChI=1S/C12H12ClNO5/c13-7-4-9-10(19-6-18-9)5-8(7)14-11(15)2-1-3-12(16)17/h4-5H,1-3,6H2,(H,14,15)(H,16,17). The lowest BCUT2D eigenvalue weighted by molar-refractivity contribution is -0.137. The van der Waals surface area contributed by atoms with Crippen LogP contribution in [0.3, 0.4) is 0 Å². The molecular weight excluding hydrogens is 274 g/mol. The first kappa shape index (κ1) is 13.5. The summed E-state index contributed by atoms with van der Waals surface area (Å²) in [4.78, 5) is 21.9. The summed E-state index contributed by atoms with van der Waals surface area (Å²) in [5, 5.41) is 11.4. The summed E-state index contributed by atoms with van der Waals surface area (Å²) in [5.41, 5.74) is 0.422. The van der Waals surface area contributed by atoms with E-state index in [0.29, 0.717) is 22.2 Å². The lowest BCUT2D eigenvalue weighted by Crippen LogP contribution is -2.12. The zero-order valence-corrected chi connectivity index (χ0v) is 10.7. The van der Waals surface area contributed by atoms with Crippen molar-refractivity contribution in [2.75, 3.05) is 12.1 Å². The molecule has 0 atom stereocenters. The summed E-state index contributed by atoms with van der Waals surface area (Å²) >= 11 is 5.99. The minimum absolute atomic E-state index is 0.0394. The highest BCUT2D eigenvalue weighted by Gasteiger charge is 2.17. The Morgan fingerprint density at radius 3 is 2.63 bits per heavy atom. The molecule has 2 N–H and O–H groups in total. The van der Waals surface area contributed by atoms with Gasteiger partial charge in [0.05, 0.1) is 10.7 Å². The molecule has 0 saturated heterocycles. The van der Waals surface area contributed by atoms with E-state index in [9.17, 15) is 9.59 Å². The van der Waals surface area contributed by atoms with E-state index in [0.717, 1.165) is 0 Å². The molecule has 0 radical (unpaired) electrons. The largest absolute Gasteiger partial charge is 0.481 e. The Hall–Kier alpha value is -1.95. The van der Waals surface area contributed by atoms with Crippen molar-refractivity contribution < 1.29 is 24.2 Å². The highest BCUT2D eigenvalue weighted by Crippen LogP contribution is 2.39. The maximum absolute atomic E-state index is 11.6. The van der Waals surface area contributed by atoms with Crippen LogP contribution < -0.4 is 14.8 Å². The average Bonchev–Trinajstić information content (AvgIpc) is 2.76. The molecule has 0 aromatic heterocycles. The first-order chi connectivity index (χ1) is 9.06. The van der Waals surface area contributed by atoms with Crippen LogP contribution in [0.15, 0.2) is 12.1 Å². The van der Waals surface area contributed by atoms with E-state index in [1.54, 1.807) is 12.1 Å². The molecule has 0 spiro atoms.